The molecule has 3 fully saturated rings. The Morgan fingerprint density at radius 3 is 2.68 bits per heavy atom. The van der Waals surface area contributed by atoms with Gasteiger partial charge in [0.05, 0.1) is 6.10 Å². The van der Waals surface area contributed by atoms with Gasteiger partial charge in [-0.2, -0.15) is 0 Å². The summed E-state index contributed by atoms with van der Waals surface area (Å²) in [4.78, 5) is 0. The Morgan fingerprint density at radius 2 is 1.93 bits per heavy atom. The average molecular weight is 383 g/mol. The third kappa shape index (κ3) is 4.73. The van der Waals surface area contributed by atoms with Crippen LogP contribution in [-0.4, -0.2) is 11.2 Å². The van der Waals surface area contributed by atoms with Crippen molar-refractivity contribution in [2.75, 3.05) is 0 Å². The zero-order valence-electron chi connectivity index (χ0n) is 18.7. The fourth-order valence-corrected chi connectivity index (χ4v) is 6.24. The highest BCUT2D eigenvalue weighted by Gasteiger charge is 2.50. The van der Waals surface area contributed by atoms with Crippen LogP contribution in [0.2, 0.25) is 0 Å². The maximum Gasteiger partial charge on any atom is 0.0583 e. The van der Waals surface area contributed by atoms with E-state index in [0.29, 0.717) is 11.3 Å². The van der Waals surface area contributed by atoms with Crippen LogP contribution in [0.15, 0.2) is 47.6 Å². The van der Waals surface area contributed by atoms with Crippen molar-refractivity contribution in [1.82, 2.24) is 0 Å². The summed E-state index contributed by atoms with van der Waals surface area (Å²) in [5, 5.41) is 10.0. The lowest BCUT2D eigenvalue weighted by atomic mass is 9.61. The van der Waals surface area contributed by atoms with E-state index in [-0.39, 0.29) is 6.10 Å². The smallest absolute Gasteiger partial charge is 0.0583 e. The van der Waals surface area contributed by atoms with E-state index in [9.17, 15) is 5.11 Å². The quantitative estimate of drug-likeness (QED) is 0.491. The van der Waals surface area contributed by atoms with Crippen molar-refractivity contribution in [2.24, 2.45) is 29.1 Å². The van der Waals surface area contributed by atoms with Gasteiger partial charge in [-0.15, -0.1) is 0 Å². The van der Waals surface area contributed by atoms with E-state index in [1.165, 1.54) is 49.7 Å². The summed E-state index contributed by atoms with van der Waals surface area (Å²) in [5.74, 6) is 2.98. The molecule has 0 radical (unpaired) electrons. The van der Waals surface area contributed by atoms with Gasteiger partial charge in [-0.25, -0.2) is 0 Å². The van der Waals surface area contributed by atoms with Crippen LogP contribution in [0.1, 0.15) is 85.5 Å². The van der Waals surface area contributed by atoms with Crippen LogP contribution < -0.4 is 0 Å². The molecular weight excluding hydrogens is 340 g/mol. The Balaban J connectivity index is 1.74. The fraction of sp³-hybridized carbons (Fsp3) is 0.704. The molecule has 0 bridgehead atoms. The summed E-state index contributed by atoms with van der Waals surface area (Å²) < 4.78 is 0. The molecule has 3 aliphatic rings. The predicted octanol–water partition coefficient (Wildman–Crippen LogP) is 7.40. The van der Waals surface area contributed by atoms with Crippen molar-refractivity contribution in [2.45, 2.75) is 91.6 Å². The van der Waals surface area contributed by atoms with Crippen LogP contribution in [0.25, 0.3) is 0 Å². The van der Waals surface area contributed by atoms with Crippen molar-refractivity contribution >= 4 is 0 Å². The van der Waals surface area contributed by atoms with Crippen LogP contribution >= 0.6 is 0 Å². The van der Waals surface area contributed by atoms with Gasteiger partial charge in [-0.05, 0) is 92.4 Å². The molecule has 0 aromatic rings. The van der Waals surface area contributed by atoms with E-state index in [1.807, 2.05) is 0 Å². The third-order valence-electron chi connectivity index (χ3n) is 7.91. The third-order valence-corrected chi connectivity index (χ3v) is 7.91. The second kappa shape index (κ2) is 9.16. The van der Waals surface area contributed by atoms with E-state index < -0.39 is 0 Å². The van der Waals surface area contributed by atoms with Gasteiger partial charge in [0.2, 0.25) is 0 Å². The number of hydrogen-bond acceptors (Lipinski definition) is 1. The number of fused-ring (bicyclic) bond motifs is 1. The molecule has 0 aliphatic heterocycles. The molecule has 0 saturated heterocycles. The lowest BCUT2D eigenvalue weighted by molar-refractivity contribution is 0.112. The normalized spacial score (nSPS) is 37.9. The Labute approximate surface area is 173 Å². The van der Waals surface area contributed by atoms with E-state index >= 15 is 0 Å². The summed E-state index contributed by atoms with van der Waals surface area (Å²) >= 11 is 0. The number of rotatable bonds is 5. The van der Waals surface area contributed by atoms with E-state index in [4.69, 9.17) is 0 Å². The van der Waals surface area contributed by atoms with Crippen LogP contribution in [0.5, 0.6) is 0 Å². The lowest BCUT2D eigenvalue weighted by Crippen LogP contribution is -2.35. The first kappa shape index (κ1) is 21.6. The van der Waals surface area contributed by atoms with E-state index in [2.05, 4.69) is 58.6 Å². The first-order valence-electron chi connectivity index (χ1n) is 11.7. The molecule has 0 aromatic heterocycles. The highest BCUT2D eigenvalue weighted by atomic mass is 16.3. The summed E-state index contributed by atoms with van der Waals surface area (Å²) in [6.45, 7) is 13.9. The zero-order chi connectivity index (χ0) is 20.3. The van der Waals surface area contributed by atoms with Crippen LogP contribution in [0.3, 0.4) is 0 Å². The number of aliphatic hydroxyl groups is 1. The van der Waals surface area contributed by atoms with Gasteiger partial charge in [-0.1, -0.05) is 69.7 Å². The van der Waals surface area contributed by atoms with Gasteiger partial charge < -0.3 is 5.11 Å². The van der Waals surface area contributed by atoms with Gasteiger partial charge >= 0.3 is 0 Å². The topological polar surface area (TPSA) is 20.2 Å². The zero-order valence-corrected chi connectivity index (χ0v) is 18.7. The van der Waals surface area contributed by atoms with Gasteiger partial charge in [-0.3, -0.25) is 0 Å². The molecule has 5 unspecified atom stereocenters. The van der Waals surface area contributed by atoms with Crippen molar-refractivity contribution in [1.29, 1.82) is 0 Å². The molecule has 0 aromatic carbocycles. The Bertz CT molecular complexity index is 649. The number of aliphatic hydroxyl groups excluding tert-OH is 1. The molecule has 0 amide bonds. The van der Waals surface area contributed by atoms with Crippen LogP contribution in [-0.2, 0) is 0 Å². The molecular formula is C27H42O. The molecule has 1 nitrogen and oxygen atoms in total. The maximum absolute atomic E-state index is 10.0. The Hall–Kier alpha value is -1.08. The van der Waals surface area contributed by atoms with Gasteiger partial charge in [0.1, 0.15) is 0 Å². The number of hydrogen-bond donors (Lipinski definition) is 1. The monoisotopic (exact) mass is 382 g/mol. The average Bonchev–Trinajstić information content (AvgIpc) is 2.99. The maximum atomic E-state index is 10.0. The minimum atomic E-state index is -0.180. The first-order valence-corrected chi connectivity index (χ1v) is 11.7. The second-order valence-electron chi connectivity index (χ2n) is 10.4. The minimum Gasteiger partial charge on any atom is -0.393 e. The summed E-state index contributed by atoms with van der Waals surface area (Å²) in [7, 11) is 0. The van der Waals surface area contributed by atoms with Gasteiger partial charge in [0.15, 0.2) is 0 Å². The molecule has 3 saturated carbocycles. The summed E-state index contributed by atoms with van der Waals surface area (Å²) in [6, 6.07) is 0. The molecule has 156 valence electrons. The van der Waals surface area contributed by atoms with Crippen molar-refractivity contribution < 1.29 is 5.11 Å². The van der Waals surface area contributed by atoms with Crippen molar-refractivity contribution in [3.8, 4) is 0 Å². The summed E-state index contributed by atoms with van der Waals surface area (Å²) in [5.41, 5.74) is 4.62. The SMILES string of the molecule is C=C1CCC(O)C/C1=C/C=C1\CCCC2(C)C1CCC2C(C)/C=C/CC(C)C. The molecule has 1 N–H and O–H groups in total. The van der Waals surface area contributed by atoms with Gasteiger partial charge in [0, 0.05) is 0 Å². The number of allylic oxidation sites excluding steroid dienone is 6. The molecule has 3 rings (SSSR count). The largest absolute Gasteiger partial charge is 0.393 e. The molecule has 5 atom stereocenters. The second-order valence-corrected chi connectivity index (χ2v) is 10.4. The minimum absolute atomic E-state index is 0.180. The molecule has 0 spiro atoms. The molecule has 28 heavy (non-hydrogen) atoms. The predicted molar refractivity (Wildman–Crippen MR) is 121 cm³/mol. The van der Waals surface area contributed by atoms with Crippen molar-refractivity contribution in [3.63, 3.8) is 0 Å². The molecule has 3 aliphatic carbocycles. The van der Waals surface area contributed by atoms with Crippen LogP contribution in [0.4, 0.5) is 0 Å². The Kier molecular flexibility index (Phi) is 7.07. The highest BCUT2D eigenvalue weighted by Crippen LogP contribution is 2.59. The molecule has 0 heterocycles. The fourth-order valence-electron chi connectivity index (χ4n) is 6.24. The van der Waals surface area contributed by atoms with Crippen LogP contribution in [0, 0.1) is 29.1 Å². The lowest BCUT2D eigenvalue weighted by Gasteiger charge is -2.44. The highest BCUT2D eigenvalue weighted by molar-refractivity contribution is 5.36. The standard InChI is InChI=1S/C27H42O/c1-19(2)8-6-9-21(4)25-15-16-26-22(10-7-17-27(25,26)5)12-13-23-18-24(28)14-11-20(23)3/h6,9,12-13,19,21,24-26,28H,3,7-8,10-11,14-18H2,1-2,4-5H3/b9-6+,22-12+,23-13-. The first-order chi connectivity index (χ1) is 13.3. The van der Waals surface area contributed by atoms with E-state index in [0.717, 1.165) is 37.0 Å². The van der Waals surface area contributed by atoms with Crippen molar-refractivity contribution in [3.05, 3.63) is 47.6 Å². The molecule has 1 heteroatoms. The van der Waals surface area contributed by atoms with Gasteiger partial charge in [0.25, 0.3) is 0 Å². The summed E-state index contributed by atoms with van der Waals surface area (Å²) in [6.07, 6.45) is 19.9. The van der Waals surface area contributed by atoms with E-state index in [1.54, 1.807) is 5.57 Å². The Morgan fingerprint density at radius 1 is 1.14 bits per heavy atom.